The summed E-state index contributed by atoms with van der Waals surface area (Å²) in [6.07, 6.45) is 1.61. The van der Waals surface area contributed by atoms with E-state index in [9.17, 15) is 5.11 Å². The lowest BCUT2D eigenvalue weighted by Gasteiger charge is -2.07. The summed E-state index contributed by atoms with van der Waals surface area (Å²) in [5, 5.41) is 17.5. The molecule has 0 spiro atoms. The average molecular weight is 315 g/mol. The van der Waals surface area contributed by atoms with Crippen LogP contribution in [-0.2, 0) is 0 Å². The van der Waals surface area contributed by atoms with Crippen LogP contribution in [0.3, 0.4) is 0 Å². The molecule has 0 saturated heterocycles. The highest BCUT2D eigenvalue weighted by Crippen LogP contribution is 2.28. The second-order valence-electron chi connectivity index (χ2n) is 4.73. The summed E-state index contributed by atoms with van der Waals surface area (Å²) in [6, 6.07) is 12.6. The maximum absolute atomic E-state index is 9.87. The molecule has 2 aromatic heterocycles. The fourth-order valence-electron chi connectivity index (χ4n) is 2.07. The average Bonchev–Trinajstić information content (AvgIpc) is 2.90. The Morgan fingerprint density at radius 1 is 1.27 bits per heavy atom. The topological polar surface area (TPSA) is 77.4 Å². The van der Waals surface area contributed by atoms with Crippen LogP contribution < -0.4 is 10.3 Å². The molecular formula is C15H15N4O2S+. The maximum Gasteiger partial charge on any atom is 0.291 e. The van der Waals surface area contributed by atoms with Crippen molar-refractivity contribution in [3.8, 4) is 17.2 Å². The van der Waals surface area contributed by atoms with E-state index in [2.05, 4.69) is 15.4 Å². The normalized spacial score (nSPS) is 12.0. The Hall–Kier alpha value is -2.67. The van der Waals surface area contributed by atoms with E-state index in [4.69, 9.17) is 16.6 Å². The fraction of sp³-hybridized carbons (Fsp3) is 0.133. The lowest BCUT2D eigenvalue weighted by Crippen LogP contribution is -2.21. The highest BCUT2D eigenvalue weighted by Gasteiger charge is 2.18. The molecule has 3 aromatic rings. The van der Waals surface area contributed by atoms with Gasteiger partial charge in [0.25, 0.3) is 16.5 Å². The summed E-state index contributed by atoms with van der Waals surface area (Å²) in [6.45, 7) is 1.91. The van der Waals surface area contributed by atoms with Gasteiger partial charge >= 0.3 is 0 Å². The van der Waals surface area contributed by atoms with Crippen molar-refractivity contribution >= 4 is 18.0 Å². The molecule has 0 aliphatic rings. The number of nitrogens with one attached hydrogen (secondary N) is 2. The Morgan fingerprint density at radius 3 is 2.77 bits per heavy atom. The number of H-pyrrole nitrogens is 1. The van der Waals surface area contributed by atoms with Gasteiger partial charge in [0, 0.05) is 6.07 Å². The predicted octanol–water partition coefficient (Wildman–Crippen LogP) is 3.02. The molecule has 3 N–H and O–H groups in total. The van der Waals surface area contributed by atoms with Gasteiger partial charge in [-0.3, -0.25) is 5.32 Å². The van der Waals surface area contributed by atoms with Crippen molar-refractivity contribution < 1.29 is 14.5 Å². The van der Waals surface area contributed by atoms with Crippen LogP contribution in [0.1, 0.15) is 13.1 Å². The van der Waals surface area contributed by atoms with Crippen molar-refractivity contribution in [2.24, 2.45) is 0 Å². The molecule has 1 aromatic carbocycles. The number of aromatic hydroxyl groups is 1. The third kappa shape index (κ3) is 2.84. The molecule has 22 heavy (non-hydrogen) atoms. The zero-order chi connectivity index (χ0) is 15.5. The molecular weight excluding hydrogens is 300 g/mol. The van der Waals surface area contributed by atoms with E-state index in [1.807, 2.05) is 31.3 Å². The van der Waals surface area contributed by atoms with Gasteiger partial charge in [0.1, 0.15) is 5.75 Å². The van der Waals surface area contributed by atoms with E-state index in [1.165, 1.54) is 0 Å². The number of hydrogen-bond donors (Lipinski definition) is 2. The zero-order valence-electron chi connectivity index (χ0n) is 11.9. The van der Waals surface area contributed by atoms with E-state index in [0.29, 0.717) is 5.56 Å². The third-order valence-corrected chi connectivity index (χ3v) is 3.41. The van der Waals surface area contributed by atoms with Crippen LogP contribution in [-0.4, -0.2) is 14.9 Å². The molecule has 0 aliphatic carbocycles. The van der Waals surface area contributed by atoms with Gasteiger partial charge in [-0.15, -0.1) is 5.10 Å². The predicted molar refractivity (Wildman–Crippen MR) is 83.8 cm³/mol. The zero-order valence-corrected chi connectivity index (χ0v) is 12.7. The summed E-state index contributed by atoms with van der Waals surface area (Å²) in [5.41, 5.74) is 0.505. The van der Waals surface area contributed by atoms with E-state index in [-0.39, 0.29) is 22.6 Å². The van der Waals surface area contributed by atoms with Crippen molar-refractivity contribution in [2.45, 2.75) is 13.1 Å². The SMILES string of the molecule is C[C@H](Nc1cccc[nH+]1)n1nc(-c2ccccc2O)oc1=S. The molecule has 6 nitrogen and oxygen atoms in total. The van der Waals surface area contributed by atoms with Gasteiger partial charge in [-0.25, -0.2) is 4.98 Å². The smallest absolute Gasteiger partial charge is 0.291 e. The molecule has 3 rings (SSSR count). The van der Waals surface area contributed by atoms with Crippen molar-refractivity contribution in [3.05, 3.63) is 53.5 Å². The van der Waals surface area contributed by atoms with Gasteiger partial charge in [0.2, 0.25) is 0 Å². The van der Waals surface area contributed by atoms with Crippen LogP contribution in [0.25, 0.3) is 11.5 Å². The van der Waals surface area contributed by atoms with Gasteiger partial charge < -0.3 is 9.52 Å². The fourth-order valence-corrected chi connectivity index (χ4v) is 2.34. The first-order chi connectivity index (χ1) is 10.6. The van der Waals surface area contributed by atoms with E-state index in [0.717, 1.165) is 5.82 Å². The van der Waals surface area contributed by atoms with Gasteiger partial charge in [-0.2, -0.15) is 4.68 Å². The quantitative estimate of drug-likeness (QED) is 0.724. The van der Waals surface area contributed by atoms with E-state index >= 15 is 0 Å². The first-order valence-electron chi connectivity index (χ1n) is 6.76. The van der Waals surface area contributed by atoms with Crippen LogP contribution in [0.4, 0.5) is 5.82 Å². The number of rotatable bonds is 4. The molecule has 0 amide bonds. The van der Waals surface area contributed by atoms with E-state index < -0.39 is 0 Å². The molecule has 112 valence electrons. The van der Waals surface area contributed by atoms with Crippen molar-refractivity contribution in [3.63, 3.8) is 0 Å². The Kier molecular flexibility index (Phi) is 3.88. The number of phenols is 1. The van der Waals surface area contributed by atoms with Crippen LogP contribution in [0.15, 0.2) is 53.1 Å². The number of para-hydroxylation sites is 1. The second-order valence-corrected chi connectivity index (χ2v) is 5.08. The minimum absolute atomic E-state index is 0.0999. The van der Waals surface area contributed by atoms with Crippen molar-refractivity contribution in [1.82, 2.24) is 9.78 Å². The van der Waals surface area contributed by atoms with Gasteiger partial charge in [-0.1, -0.05) is 18.2 Å². The molecule has 7 heteroatoms. The van der Waals surface area contributed by atoms with E-state index in [1.54, 1.807) is 28.9 Å². The number of phenolic OH excluding ortho intramolecular Hbond substituents is 1. The molecule has 0 fully saturated rings. The number of pyridine rings is 1. The molecule has 2 heterocycles. The number of nitrogens with zero attached hydrogens (tertiary/aromatic N) is 2. The van der Waals surface area contributed by atoms with Crippen LogP contribution >= 0.6 is 12.2 Å². The summed E-state index contributed by atoms with van der Waals surface area (Å²) in [4.78, 5) is 3.31. The Labute approximate surface area is 132 Å². The standard InChI is InChI=1S/C15H14N4O2S/c1-10(17-13-8-4-5-9-16-13)19-15(22)21-14(18-19)11-6-2-3-7-12(11)20/h2-10,20H,1H3,(H,16,17)/p+1/t10-/m1/s1. The molecule has 0 aliphatic heterocycles. The number of hydrogen-bond acceptors (Lipinski definition) is 5. The largest absolute Gasteiger partial charge is 0.507 e. The first kappa shape index (κ1) is 14.3. The number of aromatic amines is 1. The first-order valence-corrected chi connectivity index (χ1v) is 7.17. The highest BCUT2D eigenvalue weighted by molar-refractivity contribution is 7.71. The molecule has 0 saturated carbocycles. The minimum atomic E-state index is -0.213. The summed E-state index contributed by atoms with van der Waals surface area (Å²) >= 11 is 5.21. The van der Waals surface area contributed by atoms with Gasteiger partial charge in [0.05, 0.1) is 11.8 Å². The lowest BCUT2D eigenvalue weighted by molar-refractivity contribution is -0.361. The number of anilines is 1. The maximum atomic E-state index is 9.87. The minimum Gasteiger partial charge on any atom is -0.507 e. The van der Waals surface area contributed by atoms with Gasteiger partial charge in [0.15, 0.2) is 6.17 Å². The molecule has 1 atom stereocenters. The summed E-state index contributed by atoms with van der Waals surface area (Å²) < 4.78 is 7.05. The molecule has 0 unspecified atom stereocenters. The third-order valence-electron chi connectivity index (χ3n) is 3.14. The number of aromatic nitrogens is 3. The Morgan fingerprint density at radius 2 is 2.05 bits per heavy atom. The molecule has 0 bridgehead atoms. The van der Waals surface area contributed by atoms with Crippen LogP contribution in [0, 0.1) is 4.84 Å². The lowest BCUT2D eigenvalue weighted by atomic mass is 10.2. The van der Waals surface area contributed by atoms with Crippen LogP contribution in [0.5, 0.6) is 5.75 Å². The van der Waals surface area contributed by atoms with Crippen LogP contribution in [0.2, 0.25) is 0 Å². The second kappa shape index (κ2) is 5.98. The van der Waals surface area contributed by atoms with Crippen molar-refractivity contribution in [2.75, 3.05) is 5.32 Å². The molecule has 0 radical (unpaired) electrons. The van der Waals surface area contributed by atoms with Crippen molar-refractivity contribution in [1.29, 1.82) is 0 Å². The monoisotopic (exact) mass is 315 g/mol. The number of benzene rings is 1. The Balaban J connectivity index is 1.90. The highest BCUT2D eigenvalue weighted by atomic mass is 32.1. The van der Waals surface area contributed by atoms with Gasteiger partial charge in [-0.05, 0) is 37.3 Å². The Bertz CT molecular complexity index is 829. The summed E-state index contributed by atoms with van der Waals surface area (Å²) in [5.74, 6) is 1.22. The summed E-state index contributed by atoms with van der Waals surface area (Å²) in [7, 11) is 0.